The van der Waals surface area contributed by atoms with Crippen LogP contribution < -0.4 is 0 Å². The number of carbonyl (C=O) groups is 2. The van der Waals surface area contributed by atoms with Crippen molar-refractivity contribution in [1.82, 2.24) is 4.90 Å². The summed E-state index contributed by atoms with van der Waals surface area (Å²) in [5.74, 6) is -0.502. The zero-order valence-electron chi connectivity index (χ0n) is 15.7. The Hall–Kier alpha value is -2.47. The number of hydrogen-bond acceptors (Lipinski definition) is 8. The molecule has 3 rings (SSSR count). The van der Waals surface area contributed by atoms with Crippen molar-refractivity contribution in [1.29, 1.82) is 0 Å². The van der Waals surface area contributed by atoms with Crippen molar-refractivity contribution in [3.63, 3.8) is 0 Å². The van der Waals surface area contributed by atoms with Crippen molar-refractivity contribution < 1.29 is 31.7 Å². The first-order valence-corrected chi connectivity index (χ1v) is 11.6. The Morgan fingerprint density at radius 2 is 1.97 bits per heavy atom. The molecule has 1 fully saturated rings. The highest BCUT2D eigenvalue weighted by atomic mass is 32.2. The van der Waals surface area contributed by atoms with Gasteiger partial charge in [0.15, 0.2) is 0 Å². The lowest BCUT2D eigenvalue weighted by atomic mass is 10.1. The Labute approximate surface area is 182 Å². The fourth-order valence-corrected chi connectivity index (χ4v) is 4.30. The molecule has 11 heteroatoms. The molecule has 0 aliphatic carbocycles. The normalized spacial score (nSPS) is 15.8. The van der Waals surface area contributed by atoms with Crippen molar-refractivity contribution in [2.75, 3.05) is 18.9 Å². The Bertz CT molecular complexity index is 1120. The van der Waals surface area contributed by atoms with E-state index in [9.17, 15) is 18.0 Å². The lowest BCUT2D eigenvalue weighted by Gasteiger charge is -2.12. The molecule has 0 unspecified atom stereocenters. The molecule has 1 aliphatic rings. The number of thioether (sulfide) groups is 1. The predicted octanol–water partition coefficient (Wildman–Crippen LogP) is 3.21. The molecule has 1 aliphatic heterocycles. The highest BCUT2D eigenvalue weighted by molar-refractivity contribution is 8.26. The second-order valence-corrected chi connectivity index (χ2v) is 9.37. The Morgan fingerprint density at radius 3 is 2.60 bits per heavy atom. The maximum atomic E-state index is 12.5. The van der Waals surface area contributed by atoms with Crippen molar-refractivity contribution in [3.8, 4) is 11.3 Å². The molecule has 1 amide bonds. The molecule has 158 valence electrons. The van der Waals surface area contributed by atoms with Gasteiger partial charge in [-0.3, -0.25) is 14.2 Å². The molecular formula is C19H17NO7S3. The summed E-state index contributed by atoms with van der Waals surface area (Å²) < 4.78 is 41.6. The lowest BCUT2D eigenvalue weighted by Crippen LogP contribution is -2.32. The van der Waals surface area contributed by atoms with Crippen LogP contribution in [0.4, 0.5) is 0 Å². The Kier molecular flexibility index (Phi) is 6.76. The summed E-state index contributed by atoms with van der Waals surface area (Å²) >= 11 is 6.14. The zero-order valence-corrected chi connectivity index (χ0v) is 18.2. The van der Waals surface area contributed by atoms with E-state index in [2.05, 4.69) is 0 Å². The highest BCUT2D eigenvalue weighted by Crippen LogP contribution is 2.33. The molecule has 0 atom stereocenters. The van der Waals surface area contributed by atoms with E-state index < -0.39 is 27.7 Å². The van der Waals surface area contributed by atoms with Gasteiger partial charge in [0.05, 0.1) is 22.8 Å². The average Bonchev–Trinajstić information content (AvgIpc) is 3.25. The van der Waals surface area contributed by atoms with Crippen molar-refractivity contribution >= 4 is 56.4 Å². The maximum Gasteiger partial charge on any atom is 0.338 e. The number of benzene rings is 1. The molecular weight excluding hydrogens is 450 g/mol. The van der Waals surface area contributed by atoms with E-state index in [1.807, 2.05) is 0 Å². The fraction of sp³-hybridized carbons (Fsp3) is 0.211. The molecule has 1 aromatic heterocycles. The third-order valence-electron chi connectivity index (χ3n) is 4.03. The van der Waals surface area contributed by atoms with Gasteiger partial charge in [-0.1, -0.05) is 36.1 Å². The smallest absolute Gasteiger partial charge is 0.338 e. The number of ether oxygens (including phenoxy) is 1. The summed E-state index contributed by atoms with van der Waals surface area (Å²) in [6, 6.07) is 10.1. The molecule has 1 saturated heterocycles. The van der Waals surface area contributed by atoms with Gasteiger partial charge in [0.1, 0.15) is 15.8 Å². The zero-order chi connectivity index (χ0) is 21.9. The number of furan rings is 1. The van der Waals surface area contributed by atoms with E-state index in [1.54, 1.807) is 43.3 Å². The summed E-state index contributed by atoms with van der Waals surface area (Å²) in [7, 11) is -4.20. The van der Waals surface area contributed by atoms with Crippen LogP contribution >= 0.6 is 24.0 Å². The molecule has 1 aromatic carbocycles. The fourth-order valence-electron chi connectivity index (χ4n) is 2.60. The van der Waals surface area contributed by atoms with Gasteiger partial charge in [-0.05, 0) is 31.2 Å². The molecule has 0 saturated carbocycles. The molecule has 2 heterocycles. The highest BCUT2D eigenvalue weighted by Gasteiger charge is 2.32. The van der Waals surface area contributed by atoms with E-state index in [4.69, 9.17) is 25.9 Å². The molecule has 30 heavy (non-hydrogen) atoms. The minimum absolute atomic E-state index is 0.205. The van der Waals surface area contributed by atoms with E-state index in [0.29, 0.717) is 23.7 Å². The molecule has 8 nitrogen and oxygen atoms in total. The van der Waals surface area contributed by atoms with Crippen LogP contribution in [-0.2, 0) is 19.6 Å². The van der Waals surface area contributed by atoms with E-state index in [1.165, 1.54) is 6.08 Å². The lowest BCUT2D eigenvalue weighted by molar-refractivity contribution is -0.121. The van der Waals surface area contributed by atoms with Gasteiger partial charge >= 0.3 is 5.97 Å². The molecule has 1 N–H and O–H groups in total. The molecule has 0 bridgehead atoms. The number of amides is 1. The molecule has 0 spiro atoms. The van der Waals surface area contributed by atoms with Gasteiger partial charge in [0, 0.05) is 18.2 Å². The van der Waals surface area contributed by atoms with Crippen molar-refractivity contribution in [3.05, 3.63) is 52.6 Å². The van der Waals surface area contributed by atoms with Gasteiger partial charge in [0.2, 0.25) is 0 Å². The summed E-state index contributed by atoms with van der Waals surface area (Å²) in [4.78, 5) is 25.6. The average molecular weight is 468 g/mol. The third-order valence-corrected chi connectivity index (χ3v) is 6.10. The SMILES string of the molecule is CCOC(=O)c1ccc(-c2ccc(/C=C3\SC(=S)N(CCS(=O)(=O)O)C3=O)o2)cc1. The van der Waals surface area contributed by atoms with E-state index >= 15 is 0 Å². The Morgan fingerprint density at radius 1 is 1.27 bits per heavy atom. The number of nitrogens with zero attached hydrogens (tertiary/aromatic N) is 1. The van der Waals surface area contributed by atoms with Crippen LogP contribution in [0, 0.1) is 0 Å². The number of esters is 1. The van der Waals surface area contributed by atoms with Crippen LogP contribution in [0.15, 0.2) is 45.7 Å². The van der Waals surface area contributed by atoms with Crippen LogP contribution in [0.25, 0.3) is 17.4 Å². The summed E-state index contributed by atoms with van der Waals surface area (Å²) in [5, 5.41) is 0. The second kappa shape index (κ2) is 9.13. The topological polar surface area (TPSA) is 114 Å². The molecule has 2 aromatic rings. The standard InChI is InChI=1S/C19H17NO7S3/c1-2-26-18(22)13-5-3-12(4-6-13)15-8-7-14(27-15)11-16-17(21)20(19(28)29-16)9-10-30(23,24)25/h3-8,11H,2,9-10H2,1H3,(H,23,24,25)/b16-11-. The van der Waals surface area contributed by atoms with Gasteiger partial charge in [-0.25, -0.2) is 4.79 Å². The number of carbonyl (C=O) groups excluding carboxylic acids is 2. The first kappa shape index (κ1) is 22.2. The van der Waals surface area contributed by atoms with E-state index in [-0.39, 0.29) is 15.8 Å². The first-order chi connectivity index (χ1) is 14.2. The maximum absolute atomic E-state index is 12.5. The van der Waals surface area contributed by atoms with Gasteiger partial charge in [-0.15, -0.1) is 0 Å². The second-order valence-electron chi connectivity index (χ2n) is 6.12. The van der Waals surface area contributed by atoms with Crippen LogP contribution in [-0.4, -0.2) is 53.0 Å². The minimum Gasteiger partial charge on any atom is -0.462 e. The largest absolute Gasteiger partial charge is 0.462 e. The van der Waals surface area contributed by atoms with Crippen LogP contribution in [0.5, 0.6) is 0 Å². The number of thiocarbonyl (C=S) groups is 1. The summed E-state index contributed by atoms with van der Waals surface area (Å²) in [6.45, 7) is 1.81. The monoisotopic (exact) mass is 467 g/mol. The third kappa shape index (κ3) is 5.36. The Balaban J connectivity index is 1.73. The van der Waals surface area contributed by atoms with Gasteiger partial charge in [-0.2, -0.15) is 8.42 Å². The van der Waals surface area contributed by atoms with Gasteiger partial charge in [0.25, 0.3) is 16.0 Å². The van der Waals surface area contributed by atoms with Crippen LogP contribution in [0.1, 0.15) is 23.0 Å². The number of hydrogen-bond donors (Lipinski definition) is 1. The minimum atomic E-state index is -4.20. The first-order valence-electron chi connectivity index (χ1n) is 8.76. The van der Waals surface area contributed by atoms with E-state index in [0.717, 1.165) is 22.2 Å². The quantitative estimate of drug-likeness (QED) is 0.284. The van der Waals surface area contributed by atoms with Crippen LogP contribution in [0.2, 0.25) is 0 Å². The van der Waals surface area contributed by atoms with Crippen LogP contribution in [0.3, 0.4) is 0 Å². The summed E-state index contributed by atoms with van der Waals surface area (Å²) in [5.41, 5.74) is 1.17. The molecule has 0 radical (unpaired) electrons. The summed E-state index contributed by atoms with van der Waals surface area (Å²) in [6.07, 6.45) is 1.52. The van der Waals surface area contributed by atoms with Gasteiger partial charge < -0.3 is 9.15 Å². The number of rotatable bonds is 7. The van der Waals surface area contributed by atoms with Crippen molar-refractivity contribution in [2.45, 2.75) is 6.92 Å². The predicted molar refractivity (Wildman–Crippen MR) is 116 cm³/mol. The van der Waals surface area contributed by atoms with Crippen molar-refractivity contribution in [2.24, 2.45) is 0 Å².